The number of aliphatic hydroxyl groups excluding tert-OH is 1. The van der Waals surface area contributed by atoms with Crippen molar-refractivity contribution in [1.29, 1.82) is 0 Å². The smallest absolute Gasteiger partial charge is 0.484 e. The van der Waals surface area contributed by atoms with Gasteiger partial charge < -0.3 is 32.0 Å². The topological polar surface area (TPSA) is 79.7 Å². The van der Waals surface area contributed by atoms with Crippen molar-refractivity contribution in [1.82, 2.24) is 4.90 Å². The Kier molecular flexibility index (Phi) is 5.69. The van der Waals surface area contributed by atoms with Crippen LogP contribution in [-0.4, -0.2) is 41.4 Å². The predicted octanol–water partition coefficient (Wildman–Crippen LogP) is 1.57. The first-order valence-corrected chi connectivity index (χ1v) is 8.24. The van der Waals surface area contributed by atoms with Crippen LogP contribution in [0.4, 0.5) is 17.3 Å². The third-order valence-electron chi connectivity index (χ3n) is 4.37. The van der Waals surface area contributed by atoms with Crippen LogP contribution in [0.2, 0.25) is 0 Å². The number of likely N-dealkylation sites (tertiary alicyclic amines) is 1. The van der Waals surface area contributed by atoms with Gasteiger partial charge in [-0.3, -0.25) is 4.79 Å². The zero-order valence-electron chi connectivity index (χ0n) is 14.5. The minimum absolute atomic E-state index is 0.0846. The van der Waals surface area contributed by atoms with Gasteiger partial charge in [0, 0.05) is 19.0 Å². The maximum atomic E-state index is 12.3. The highest BCUT2D eigenvalue weighted by Crippen LogP contribution is 2.42. The molecule has 2 unspecified atom stereocenters. The summed E-state index contributed by atoms with van der Waals surface area (Å²) in [4.78, 5) is 14.1. The number of piperidine rings is 1. The van der Waals surface area contributed by atoms with Crippen LogP contribution in [0.5, 0.6) is 5.75 Å². The Hall–Kier alpha value is -2.04. The van der Waals surface area contributed by atoms with Gasteiger partial charge in [0.1, 0.15) is 17.5 Å². The van der Waals surface area contributed by atoms with Crippen molar-refractivity contribution in [3.05, 3.63) is 24.0 Å². The van der Waals surface area contributed by atoms with Crippen LogP contribution in [0.25, 0.3) is 0 Å². The molecule has 1 saturated heterocycles. The Bertz CT molecular complexity index is 666. The summed E-state index contributed by atoms with van der Waals surface area (Å²) >= 11 is 0. The fourth-order valence-electron chi connectivity index (χ4n) is 3.19. The van der Waals surface area contributed by atoms with Crippen molar-refractivity contribution < 1.29 is 36.6 Å². The van der Waals surface area contributed by atoms with E-state index in [0.29, 0.717) is 18.7 Å². The molecule has 3 heterocycles. The van der Waals surface area contributed by atoms with E-state index in [1.165, 1.54) is 4.68 Å². The van der Waals surface area contributed by atoms with E-state index in [1.54, 1.807) is 23.4 Å². The van der Waals surface area contributed by atoms with Crippen molar-refractivity contribution in [2.45, 2.75) is 50.9 Å². The van der Waals surface area contributed by atoms with Crippen LogP contribution in [0.15, 0.2) is 18.5 Å². The zero-order chi connectivity index (χ0) is 19.7. The molecule has 1 aromatic rings. The number of ether oxygens (including phenoxy) is 1. The monoisotopic (exact) mass is 379 g/mol. The Balaban J connectivity index is 0.000000431. The van der Waals surface area contributed by atoms with Gasteiger partial charge in [0.05, 0.1) is 11.6 Å². The Labute approximate surface area is 148 Å². The number of nitrogens with two attached hydrogens (primary N) is 1. The second-order valence-electron chi connectivity index (χ2n) is 6.85. The first-order chi connectivity index (χ1) is 11.9. The predicted molar refractivity (Wildman–Crippen MR) is 86.0 cm³/mol. The van der Waals surface area contributed by atoms with E-state index in [0.717, 1.165) is 18.4 Å². The quantitative estimate of drug-likeness (QED) is 0.336. The lowest BCUT2D eigenvalue weighted by atomic mass is 9.85. The van der Waals surface area contributed by atoms with Gasteiger partial charge in [-0.15, -0.1) is 0 Å². The van der Waals surface area contributed by atoms with Crippen LogP contribution in [-0.2, 0) is 4.79 Å². The van der Waals surface area contributed by atoms with E-state index in [2.05, 4.69) is 0 Å². The number of nitrogens with zero attached hydrogens (tertiary/aromatic N) is 2. The van der Waals surface area contributed by atoms with Crippen molar-refractivity contribution in [3.8, 4) is 5.75 Å². The van der Waals surface area contributed by atoms with Gasteiger partial charge in [-0.05, 0) is 26.7 Å². The lowest BCUT2D eigenvalue weighted by Crippen LogP contribution is -2.56. The van der Waals surface area contributed by atoms with Crippen LogP contribution < -0.4 is 15.3 Å². The number of hydrogen-bond donors (Lipinski definition) is 2. The molecule has 2 aliphatic rings. The van der Waals surface area contributed by atoms with E-state index in [-0.39, 0.29) is 5.91 Å². The molecule has 6 nitrogen and oxygen atoms in total. The summed E-state index contributed by atoms with van der Waals surface area (Å²) in [7, 11) is -6.00. The van der Waals surface area contributed by atoms with Crippen molar-refractivity contribution >= 4 is 13.2 Å². The Morgan fingerprint density at radius 2 is 1.96 bits per heavy atom. The number of fused-ring (bicyclic) bond motifs is 1. The van der Waals surface area contributed by atoms with Crippen molar-refractivity contribution in [2.75, 3.05) is 12.4 Å². The molecular formula is C15H22BF4N3O3. The fraction of sp³-hybridized carbons (Fsp3) is 0.600. The first-order valence-electron chi connectivity index (χ1n) is 8.24. The number of carbonyl (C=O) groups excluding carboxylic acids is 1. The molecule has 0 radical (unpaired) electrons. The highest BCUT2D eigenvalue weighted by atomic mass is 19.5. The number of rotatable bonds is 1. The summed E-state index contributed by atoms with van der Waals surface area (Å²) < 4.78 is 46.3. The standard InChI is InChI=1S/C15H22N3O3.BF4/c1-15(2)14(20)13(18-7-4-3-5-12(18)19)10-9-17(16)8-6-11(10)21-15;2-1(3,4)5/h6,8-9,13-14,20H,3-5,7,16H2,1-2H3;/q+1;-1. The lowest BCUT2D eigenvalue weighted by molar-refractivity contribution is -0.639. The normalized spacial score (nSPS) is 24.9. The molecule has 1 amide bonds. The Morgan fingerprint density at radius 1 is 1.35 bits per heavy atom. The van der Waals surface area contributed by atoms with Crippen LogP contribution in [0.3, 0.4) is 0 Å². The van der Waals surface area contributed by atoms with E-state index >= 15 is 0 Å². The third-order valence-corrected chi connectivity index (χ3v) is 4.37. The number of halogens is 4. The van der Waals surface area contributed by atoms with Gasteiger partial charge in [0.25, 0.3) is 0 Å². The highest BCUT2D eigenvalue weighted by molar-refractivity contribution is 6.50. The minimum atomic E-state index is -6.00. The average molecular weight is 379 g/mol. The molecule has 26 heavy (non-hydrogen) atoms. The fourth-order valence-corrected chi connectivity index (χ4v) is 3.19. The SMILES string of the molecule is CC1(C)Oc2cc[n+](N)cc2C(N2CCCCC2=O)C1O.F[B-](F)(F)F. The molecule has 146 valence electrons. The maximum absolute atomic E-state index is 12.3. The molecule has 0 saturated carbocycles. The summed E-state index contributed by atoms with van der Waals surface area (Å²) in [6.07, 6.45) is 5.03. The molecule has 1 aromatic heterocycles. The van der Waals surface area contributed by atoms with Gasteiger partial charge in [0.15, 0.2) is 0 Å². The van der Waals surface area contributed by atoms with E-state index < -0.39 is 25.0 Å². The van der Waals surface area contributed by atoms with Crippen LogP contribution >= 0.6 is 0 Å². The maximum Gasteiger partial charge on any atom is 0.673 e. The van der Waals surface area contributed by atoms with Gasteiger partial charge in [-0.1, -0.05) is 4.68 Å². The zero-order valence-corrected chi connectivity index (χ0v) is 14.5. The summed E-state index contributed by atoms with van der Waals surface area (Å²) in [5.41, 5.74) is 0.0120. The molecule has 2 atom stereocenters. The molecule has 1 fully saturated rings. The molecule has 0 spiro atoms. The summed E-state index contributed by atoms with van der Waals surface area (Å²) in [6, 6.07) is 1.37. The molecule has 11 heteroatoms. The van der Waals surface area contributed by atoms with Crippen molar-refractivity contribution in [2.24, 2.45) is 0 Å². The van der Waals surface area contributed by atoms with E-state index in [4.69, 9.17) is 10.6 Å². The number of pyridine rings is 1. The Morgan fingerprint density at radius 3 is 2.54 bits per heavy atom. The second-order valence-corrected chi connectivity index (χ2v) is 6.85. The van der Waals surface area contributed by atoms with Gasteiger partial charge in [0.2, 0.25) is 18.3 Å². The van der Waals surface area contributed by atoms with Crippen LogP contribution in [0.1, 0.15) is 44.7 Å². The van der Waals surface area contributed by atoms with Gasteiger partial charge >= 0.3 is 7.25 Å². The molecule has 3 rings (SSSR count). The molecule has 2 aliphatic heterocycles. The van der Waals surface area contributed by atoms with Gasteiger partial charge in [-0.25, -0.2) is 5.84 Å². The molecule has 0 aliphatic carbocycles. The number of nitrogen functional groups attached to an aromatic ring is 1. The first kappa shape index (κ1) is 20.3. The molecular weight excluding hydrogens is 357 g/mol. The van der Waals surface area contributed by atoms with Crippen molar-refractivity contribution in [3.63, 3.8) is 0 Å². The van der Waals surface area contributed by atoms with E-state index in [9.17, 15) is 27.2 Å². The summed E-state index contributed by atoms with van der Waals surface area (Å²) in [6.45, 7) is 4.34. The summed E-state index contributed by atoms with van der Waals surface area (Å²) in [5, 5.41) is 10.7. The minimum Gasteiger partial charge on any atom is -0.484 e. The lowest BCUT2D eigenvalue weighted by Gasteiger charge is -2.46. The number of amides is 1. The number of hydrogen-bond acceptors (Lipinski definition) is 4. The third kappa shape index (κ3) is 4.77. The van der Waals surface area contributed by atoms with Crippen LogP contribution in [0, 0.1) is 0 Å². The summed E-state index contributed by atoms with van der Waals surface area (Å²) in [5.74, 6) is 6.56. The van der Waals surface area contributed by atoms with E-state index in [1.807, 2.05) is 13.8 Å². The highest BCUT2D eigenvalue weighted by Gasteiger charge is 2.48. The largest absolute Gasteiger partial charge is 0.673 e. The average Bonchev–Trinajstić information content (AvgIpc) is 2.49. The molecule has 3 N–H and O–H groups in total. The number of aliphatic hydroxyl groups is 1. The number of aromatic nitrogens is 1. The second kappa shape index (κ2) is 7.30. The molecule has 0 bridgehead atoms. The number of carbonyl (C=O) groups is 1. The van der Waals surface area contributed by atoms with Gasteiger partial charge in [-0.2, -0.15) is 0 Å². The molecule has 0 aromatic carbocycles.